The van der Waals surface area contributed by atoms with E-state index in [4.69, 9.17) is 4.74 Å². The summed E-state index contributed by atoms with van der Waals surface area (Å²) in [5.74, 6) is 0. The molecular weight excluding hydrogens is 344 g/mol. The molecule has 5 nitrogen and oxygen atoms in total. The molecule has 6 heteroatoms. The molecule has 0 bridgehead atoms. The Balaban J connectivity index is 1.49. The zero-order chi connectivity index (χ0) is 17.9. The van der Waals surface area contributed by atoms with Crippen molar-refractivity contribution in [2.24, 2.45) is 7.05 Å². The maximum Gasteiger partial charge on any atom is 0.105 e. The van der Waals surface area contributed by atoms with Crippen LogP contribution in [0.3, 0.4) is 0 Å². The molecule has 0 N–H and O–H groups in total. The van der Waals surface area contributed by atoms with Gasteiger partial charge in [0.05, 0.1) is 24.9 Å². The van der Waals surface area contributed by atoms with Gasteiger partial charge in [-0.1, -0.05) is 35.5 Å². The first-order chi connectivity index (χ1) is 12.7. The highest BCUT2D eigenvalue weighted by Crippen LogP contribution is 2.31. The van der Waals surface area contributed by atoms with Gasteiger partial charge in [0.1, 0.15) is 5.69 Å². The first-order valence-electron chi connectivity index (χ1n) is 9.00. The summed E-state index contributed by atoms with van der Waals surface area (Å²) in [5, 5.41) is 8.70. The van der Waals surface area contributed by atoms with Crippen LogP contribution in [0.1, 0.15) is 32.7 Å². The fourth-order valence-electron chi connectivity index (χ4n) is 3.53. The lowest BCUT2D eigenvalue weighted by molar-refractivity contribution is 0.0393. The Morgan fingerprint density at radius 1 is 1.19 bits per heavy atom. The monoisotopic (exact) mass is 368 g/mol. The molecule has 0 saturated heterocycles. The number of rotatable bonds is 6. The van der Waals surface area contributed by atoms with Gasteiger partial charge in [-0.25, -0.2) is 0 Å². The molecule has 0 unspecified atom stereocenters. The van der Waals surface area contributed by atoms with Gasteiger partial charge in [-0.15, -0.1) is 16.4 Å². The standard InChI is InChI=1S/C20H24N4OS/c1-15-8-9-17(26-15)12-24-11-10-18-20(21-22-23(18)2)19(24)14-25-13-16-6-4-3-5-7-16/h3-9,19H,10-14H2,1-2H3/t19-/m0/s1. The molecule has 1 aromatic carbocycles. The second-order valence-corrected chi connectivity index (χ2v) is 8.17. The van der Waals surface area contributed by atoms with Crippen LogP contribution in [0.5, 0.6) is 0 Å². The predicted molar refractivity (Wildman–Crippen MR) is 103 cm³/mol. The lowest BCUT2D eigenvalue weighted by Crippen LogP contribution is -2.37. The van der Waals surface area contributed by atoms with E-state index in [2.05, 4.69) is 46.4 Å². The lowest BCUT2D eigenvalue weighted by atomic mass is 10.0. The maximum absolute atomic E-state index is 6.08. The third-order valence-corrected chi connectivity index (χ3v) is 5.89. The van der Waals surface area contributed by atoms with Gasteiger partial charge < -0.3 is 4.74 Å². The molecule has 0 fully saturated rings. The molecule has 3 aromatic rings. The van der Waals surface area contributed by atoms with E-state index < -0.39 is 0 Å². The van der Waals surface area contributed by atoms with Crippen LogP contribution in [0.25, 0.3) is 0 Å². The van der Waals surface area contributed by atoms with Crippen LogP contribution in [0.4, 0.5) is 0 Å². The maximum atomic E-state index is 6.08. The van der Waals surface area contributed by atoms with E-state index in [1.165, 1.54) is 21.0 Å². The van der Waals surface area contributed by atoms with Gasteiger partial charge >= 0.3 is 0 Å². The van der Waals surface area contributed by atoms with Crippen LogP contribution in [-0.2, 0) is 31.4 Å². The number of hydrogen-bond donors (Lipinski definition) is 0. The zero-order valence-electron chi connectivity index (χ0n) is 15.3. The van der Waals surface area contributed by atoms with E-state index in [-0.39, 0.29) is 6.04 Å². The predicted octanol–water partition coefficient (Wildman–Crippen LogP) is 3.50. The van der Waals surface area contributed by atoms with Crippen LogP contribution in [0.2, 0.25) is 0 Å². The fourth-order valence-corrected chi connectivity index (χ4v) is 4.44. The third kappa shape index (κ3) is 3.72. The van der Waals surface area contributed by atoms with Crippen LogP contribution in [0.15, 0.2) is 42.5 Å². The molecule has 136 valence electrons. The van der Waals surface area contributed by atoms with Crippen molar-refractivity contribution in [3.05, 3.63) is 69.2 Å². The minimum Gasteiger partial charge on any atom is -0.375 e. The van der Waals surface area contributed by atoms with E-state index in [1.54, 1.807) is 0 Å². The molecule has 0 spiro atoms. The van der Waals surface area contributed by atoms with Gasteiger partial charge in [0.2, 0.25) is 0 Å². The summed E-state index contributed by atoms with van der Waals surface area (Å²) in [4.78, 5) is 5.23. The van der Waals surface area contributed by atoms with Gasteiger partial charge in [0.25, 0.3) is 0 Å². The number of aromatic nitrogens is 3. The number of hydrogen-bond acceptors (Lipinski definition) is 5. The zero-order valence-corrected chi connectivity index (χ0v) is 16.1. The van der Waals surface area contributed by atoms with Crippen LogP contribution < -0.4 is 0 Å². The first-order valence-corrected chi connectivity index (χ1v) is 9.82. The first kappa shape index (κ1) is 17.4. The molecule has 1 aliphatic rings. The Labute approximate surface area is 158 Å². The summed E-state index contributed by atoms with van der Waals surface area (Å²) in [6, 6.07) is 14.9. The highest BCUT2D eigenvalue weighted by atomic mass is 32.1. The van der Waals surface area contributed by atoms with Crippen LogP contribution in [-0.4, -0.2) is 33.0 Å². The van der Waals surface area contributed by atoms with Gasteiger partial charge in [-0.2, -0.15) is 0 Å². The largest absolute Gasteiger partial charge is 0.375 e. The van der Waals surface area contributed by atoms with Gasteiger partial charge in [-0.05, 0) is 24.6 Å². The van der Waals surface area contributed by atoms with Crippen LogP contribution >= 0.6 is 11.3 Å². The Morgan fingerprint density at radius 3 is 2.81 bits per heavy atom. The highest BCUT2D eigenvalue weighted by molar-refractivity contribution is 7.11. The number of ether oxygens (including phenoxy) is 1. The fraction of sp³-hybridized carbons (Fsp3) is 0.400. The molecule has 26 heavy (non-hydrogen) atoms. The number of fused-ring (bicyclic) bond motifs is 1. The van der Waals surface area contributed by atoms with Crippen molar-refractivity contribution in [1.82, 2.24) is 19.9 Å². The summed E-state index contributed by atoms with van der Waals surface area (Å²) in [6.07, 6.45) is 0.984. The van der Waals surface area contributed by atoms with Crippen molar-refractivity contribution >= 4 is 11.3 Å². The van der Waals surface area contributed by atoms with Crippen molar-refractivity contribution in [3.63, 3.8) is 0 Å². The smallest absolute Gasteiger partial charge is 0.105 e. The minimum absolute atomic E-state index is 0.151. The molecular formula is C20H24N4OS. The Hall–Kier alpha value is -2.02. The van der Waals surface area contributed by atoms with E-state index >= 15 is 0 Å². The van der Waals surface area contributed by atoms with E-state index in [9.17, 15) is 0 Å². The number of aryl methyl sites for hydroxylation is 2. The van der Waals surface area contributed by atoms with Crippen molar-refractivity contribution in [3.8, 4) is 0 Å². The summed E-state index contributed by atoms with van der Waals surface area (Å²) in [5.41, 5.74) is 3.50. The Bertz CT molecular complexity index is 858. The Morgan fingerprint density at radius 2 is 2.04 bits per heavy atom. The minimum atomic E-state index is 0.151. The lowest BCUT2D eigenvalue weighted by Gasteiger charge is -2.34. The van der Waals surface area contributed by atoms with Crippen molar-refractivity contribution < 1.29 is 4.74 Å². The van der Waals surface area contributed by atoms with Crippen molar-refractivity contribution in [2.75, 3.05) is 13.2 Å². The second-order valence-electron chi connectivity index (χ2n) is 6.79. The van der Waals surface area contributed by atoms with Gasteiger partial charge in [-0.3, -0.25) is 9.58 Å². The molecule has 0 radical (unpaired) electrons. The summed E-state index contributed by atoms with van der Waals surface area (Å²) in [6.45, 7) is 5.36. The van der Waals surface area contributed by atoms with Crippen molar-refractivity contribution in [2.45, 2.75) is 32.5 Å². The van der Waals surface area contributed by atoms with Gasteiger partial charge in [0.15, 0.2) is 0 Å². The van der Waals surface area contributed by atoms with Crippen molar-refractivity contribution in [1.29, 1.82) is 0 Å². The number of nitrogens with zero attached hydrogens (tertiary/aromatic N) is 4. The van der Waals surface area contributed by atoms with Gasteiger partial charge in [0, 0.05) is 36.3 Å². The summed E-state index contributed by atoms with van der Waals surface area (Å²) < 4.78 is 7.99. The summed E-state index contributed by atoms with van der Waals surface area (Å²) >= 11 is 1.87. The highest BCUT2D eigenvalue weighted by Gasteiger charge is 2.32. The Kier molecular flexibility index (Phi) is 5.15. The number of benzene rings is 1. The SMILES string of the molecule is Cc1ccc(CN2CCc3c(nnn3C)[C@@H]2COCc2ccccc2)s1. The molecule has 0 saturated carbocycles. The molecule has 0 amide bonds. The van der Waals surface area contributed by atoms with E-state index in [1.807, 2.05) is 41.3 Å². The molecule has 4 rings (SSSR count). The molecule has 3 heterocycles. The molecule has 1 aliphatic heterocycles. The second kappa shape index (κ2) is 7.70. The number of thiophene rings is 1. The normalized spacial score (nSPS) is 17.4. The molecule has 2 aromatic heterocycles. The van der Waals surface area contributed by atoms with E-state index in [0.29, 0.717) is 13.2 Å². The quantitative estimate of drug-likeness (QED) is 0.668. The average Bonchev–Trinajstić information content (AvgIpc) is 3.23. The molecule has 1 atom stereocenters. The average molecular weight is 369 g/mol. The van der Waals surface area contributed by atoms with E-state index in [0.717, 1.165) is 25.2 Å². The summed E-state index contributed by atoms with van der Waals surface area (Å²) in [7, 11) is 1.98. The molecule has 0 aliphatic carbocycles. The third-order valence-electron chi connectivity index (χ3n) is 4.91. The topological polar surface area (TPSA) is 43.2 Å². The van der Waals surface area contributed by atoms with Crippen LogP contribution in [0, 0.1) is 6.92 Å².